The van der Waals surface area contributed by atoms with E-state index in [0.29, 0.717) is 18.7 Å². The monoisotopic (exact) mass is 559 g/mol. The fourth-order valence-corrected chi connectivity index (χ4v) is 4.48. The van der Waals surface area contributed by atoms with Gasteiger partial charge in [0.05, 0.1) is 17.2 Å². The molecule has 1 atom stereocenters. The van der Waals surface area contributed by atoms with Gasteiger partial charge in [0.25, 0.3) is 0 Å². The molecule has 1 aromatic carbocycles. The van der Waals surface area contributed by atoms with Gasteiger partial charge in [-0.15, -0.1) is 11.3 Å². The lowest BCUT2D eigenvalue weighted by molar-refractivity contribution is -0.157. The number of anilines is 1. The minimum absolute atomic E-state index is 0.117. The minimum Gasteiger partial charge on any atom is -0.464 e. The van der Waals surface area contributed by atoms with E-state index >= 15 is 0 Å². The van der Waals surface area contributed by atoms with Crippen LogP contribution in [0.15, 0.2) is 71.8 Å². The lowest BCUT2D eigenvalue weighted by Gasteiger charge is -2.21. The number of rotatable bonds is 11. The van der Waals surface area contributed by atoms with Crippen molar-refractivity contribution in [3.8, 4) is 17.0 Å². The number of thiazole rings is 1. The van der Waals surface area contributed by atoms with Crippen LogP contribution in [0.4, 0.5) is 5.69 Å². The van der Waals surface area contributed by atoms with E-state index in [2.05, 4.69) is 25.6 Å². The van der Waals surface area contributed by atoms with Crippen molar-refractivity contribution in [2.75, 3.05) is 11.9 Å². The fourth-order valence-electron chi connectivity index (χ4n) is 3.92. The molecule has 0 radical (unpaired) electrons. The summed E-state index contributed by atoms with van der Waals surface area (Å²) >= 11 is 1.50. The molecule has 1 amide bonds. The minimum atomic E-state index is -0.651. The van der Waals surface area contributed by atoms with Gasteiger partial charge < -0.3 is 14.8 Å². The zero-order valence-corrected chi connectivity index (χ0v) is 23.8. The Balaban J connectivity index is 1.59. The highest BCUT2D eigenvalue weighted by Gasteiger charge is 2.23. The highest BCUT2D eigenvalue weighted by atomic mass is 32.1. The van der Waals surface area contributed by atoms with Crippen molar-refractivity contribution >= 4 is 28.9 Å². The van der Waals surface area contributed by atoms with Crippen molar-refractivity contribution in [2.24, 2.45) is 0 Å². The van der Waals surface area contributed by atoms with Gasteiger partial charge in [-0.3, -0.25) is 15.1 Å². The highest BCUT2D eigenvalue weighted by molar-refractivity contribution is 7.07. The van der Waals surface area contributed by atoms with Crippen LogP contribution in [0.3, 0.4) is 0 Å². The SMILES string of the molecule is Cc1cc(-c2cnc(OCC(=O)OC(C)(C)C)c(NC(=O)C(Cc3ccccc3)NCc3cscn3)c2)ccn1. The summed E-state index contributed by atoms with van der Waals surface area (Å²) in [4.78, 5) is 39.0. The molecule has 0 fully saturated rings. The Hall–Kier alpha value is -4.15. The van der Waals surface area contributed by atoms with E-state index in [1.54, 1.807) is 44.7 Å². The van der Waals surface area contributed by atoms with Crippen molar-refractivity contribution in [2.45, 2.75) is 52.3 Å². The number of aromatic nitrogens is 3. The molecule has 40 heavy (non-hydrogen) atoms. The summed E-state index contributed by atoms with van der Waals surface area (Å²) in [7, 11) is 0. The maximum absolute atomic E-state index is 13.7. The summed E-state index contributed by atoms with van der Waals surface area (Å²) < 4.78 is 11.1. The Bertz CT molecular complexity index is 1420. The first-order valence-electron chi connectivity index (χ1n) is 12.9. The number of nitrogens with one attached hydrogen (secondary N) is 2. The Labute approximate surface area is 238 Å². The van der Waals surface area contributed by atoms with Crippen LogP contribution < -0.4 is 15.4 Å². The second kappa shape index (κ2) is 13.3. The van der Waals surface area contributed by atoms with E-state index in [4.69, 9.17) is 9.47 Å². The van der Waals surface area contributed by atoms with Crippen LogP contribution in [0, 0.1) is 6.92 Å². The molecule has 0 aliphatic heterocycles. The molecule has 4 rings (SSSR count). The van der Waals surface area contributed by atoms with E-state index in [-0.39, 0.29) is 18.4 Å². The normalized spacial score (nSPS) is 12.0. The van der Waals surface area contributed by atoms with Crippen LogP contribution in [0.25, 0.3) is 11.1 Å². The lowest BCUT2D eigenvalue weighted by Crippen LogP contribution is -2.42. The number of esters is 1. The molecule has 1 unspecified atom stereocenters. The molecule has 0 spiro atoms. The van der Waals surface area contributed by atoms with Crippen molar-refractivity contribution in [1.29, 1.82) is 0 Å². The molecule has 4 aromatic rings. The summed E-state index contributed by atoms with van der Waals surface area (Å²) in [6.45, 7) is 7.34. The predicted octanol–water partition coefficient (Wildman–Crippen LogP) is 4.97. The second-order valence-electron chi connectivity index (χ2n) is 10.2. The van der Waals surface area contributed by atoms with Crippen molar-refractivity contribution in [1.82, 2.24) is 20.3 Å². The number of pyridine rings is 2. The average molecular weight is 560 g/mol. The first kappa shape index (κ1) is 28.8. The summed E-state index contributed by atoms with van der Waals surface area (Å²) in [5.41, 5.74) is 5.81. The third-order valence-electron chi connectivity index (χ3n) is 5.70. The standard InChI is InChI=1S/C30H33N5O4S/c1-20-12-22(10-11-31-20)23-14-26(29(33-15-23)38-17-27(36)39-30(2,3)4)35-28(37)25(13-21-8-6-5-7-9-21)32-16-24-18-40-19-34-24/h5-12,14-15,18-19,25,32H,13,16-17H2,1-4H3,(H,35,37). The fraction of sp³-hybridized carbons (Fsp3) is 0.300. The molecular weight excluding hydrogens is 526 g/mol. The van der Waals surface area contributed by atoms with Gasteiger partial charge in [-0.1, -0.05) is 30.3 Å². The molecule has 0 aliphatic rings. The molecule has 0 saturated heterocycles. The van der Waals surface area contributed by atoms with Crippen molar-refractivity contribution in [3.63, 3.8) is 0 Å². The number of hydrogen-bond acceptors (Lipinski definition) is 9. The molecule has 9 nitrogen and oxygen atoms in total. The Morgan fingerprint density at radius 3 is 2.52 bits per heavy atom. The first-order valence-corrected chi connectivity index (χ1v) is 13.8. The van der Waals surface area contributed by atoms with E-state index in [1.807, 2.05) is 54.8 Å². The van der Waals surface area contributed by atoms with E-state index in [9.17, 15) is 9.59 Å². The Kier molecular flexibility index (Phi) is 9.57. The summed E-state index contributed by atoms with van der Waals surface area (Å²) in [5, 5.41) is 8.25. The number of ether oxygens (including phenoxy) is 2. The number of nitrogens with zero attached hydrogens (tertiary/aromatic N) is 3. The molecule has 2 N–H and O–H groups in total. The second-order valence-corrected chi connectivity index (χ2v) is 10.9. The number of benzene rings is 1. The number of carbonyl (C=O) groups excluding carboxylic acids is 2. The molecule has 0 saturated carbocycles. The van der Waals surface area contributed by atoms with Gasteiger partial charge >= 0.3 is 5.97 Å². The summed E-state index contributed by atoms with van der Waals surface area (Å²) in [5.74, 6) is -0.690. The van der Waals surface area contributed by atoms with Crippen molar-refractivity contribution in [3.05, 3.63) is 88.8 Å². The number of aryl methyl sites for hydroxylation is 1. The van der Waals surface area contributed by atoms with Crippen molar-refractivity contribution < 1.29 is 19.1 Å². The van der Waals surface area contributed by atoms with Gasteiger partial charge in [-0.05, 0) is 63.4 Å². The number of hydrogen-bond donors (Lipinski definition) is 2. The first-order chi connectivity index (χ1) is 19.2. The smallest absolute Gasteiger partial charge is 0.344 e. The van der Waals surface area contributed by atoms with Gasteiger partial charge in [0.2, 0.25) is 11.8 Å². The Morgan fingerprint density at radius 2 is 1.82 bits per heavy atom. The van der Waals surface area contributed by atoms with Crippen LogP contribution in [0.2, 0.25) is 0 Å². The van der Waals surface area contributed by atoms with E-state index in [1.165, 1.54) is 11.3 Å². The van der Waals surface area contributed by atoms with Crippen LogP contribution in [0.5, 0.6) is 5.88 Å². The third kappa shape index (κ3) is 8.69. The molecule has 0 bridgehead atoms. The Morgan fingerprint density at radius 1 is 1.02 bits per heavy atom. The summed E-state index contributed by atoms with van der Waals surface area (Å²) in [6, 6.07) is 14.8. The zero-order valence-electron chi connectivity index (χ0n) is 23.0. The third-order valence-corrected chi connectivity index (χ3v) is 6.33. The molecule has 10 heteroatoms. The van der Waals surface area contributed by atoms with Gasteiger partial charge in [0.15, 0.2) is 6.61 Å². The lowest BCUT2D eigenvalue weighted by atomic mass is 10.0. The van der Waals surface area contributed by atoms with E-state index < -0.39 is 17.6 Å². The topological polar surface area (TPSA) is 115 Å². The van der Waals surface area contributed by atoms with Gasteiger partial charge in [-0.25, -0.2) is 14.8 Å². The summed E-state index contributed by atoms with van der Waals surface area (Å²) in [6.07, 6.45) is 3.81. The molecule has 208 valence electrons. The zero-order chi connectivity index (χ0) is 28.5. The maximum atomic E-state index is 13.7. The predicted molar refractivity (Wildman–Crippen MR) is 155 cm³/mol. The number of carbonyl (C=O) groups is 2. The quantitative estimate of drug-likeness (QED) is 0.248. The van der Waals surface area contributed by atoms with Crippen LogP contribution >= 0.6 is 11.3 Å². The largest absolute Gasteiger partial charge is 0.464 e. The molecule has 0 aliphatic carbocycles. The average Bonchev–Trinajstić information content (AvgIpc) is 3.43. The number of amides is 1. The van der Waals surface area contributed by atoms with E-state index in [0.717, 1.165) is 28.1 Å². The maximum Gasteiger partial charge on any atom is 0.344 e. The van der Waals surface area contributed by atoms with Crippen LogP contribution in [0.1, 0.15) is 37.7 Å². The van der Waals surface area contributed by atoms with Crippen LogP contribution in [-0.2, 0) is 27.3 Å². The molecule has 3 heterocycles. The van der Waals surface area contributed by atoms with Gasteiger partial charge in [0.1, 0.15) is 11.3 Å². The van der Waals surface area contributed by atoms with Gasteiger partial charge in [0, 0.05) is 35.6 Å². The highest BCUT2D eigenvalue weighted by Crippen LogP contribution is 2.29. The van der Waals surface area contributed by atoms with Gasteiger partial charge in [-0.2, -0.15) is 0 Å². The molecular formula is C30H33N5O4S. The molecule has 3 aromatic heterocycles. The van der Waals surface area contributed by atoms with Crippen LogP contribution in [-0.4, -0.2) is 45.1 Å².